The third-order valence-electron chi connectivity index (χ3n) is 6.57. The number of pyridine rings is 2. The van der Waals surface area contributed by atoms with Crippen LogP contribution in [0.15, 0.2) is 134 Å². The number of hydrogen-bond acceptors (Lipinski definition) is 3. The second-order valence-electron chi connectivity index (χ2n) is 8.78. The van der Waals surface area contributed by atoms with Crippen LogP contribution in [-0.2, 0) is 0 Å². The lowest BCUT2D eigenvalue weighted by Crippen LogP contribution is -2.09. The number of anilines is 3. The van der Waals surface area contributed by atoms with Crippen LogP contribution in [0.1, 0.15) is 0 Å². The van der Waals surface area contributed by atoms with Gasteiger partial charge >= 0.3 is 0 Å². The van der Waals surface area contributed by atoms with Gasteiger partial charge in [0.1, 0.15) is 11.2 Å². The first-order chi connectivity index (χ1) is 17.9. The van der Waals surface area contributed by atoms with Crippen LogP contribution in [0.25, 0.3) is 38.8 Å². The highest BCUT2D eigenvalue weighted by atomic mass is 15.1. The molecule has 0 saturated carbocycles. The summed E-state index contributed by atoms with van der Waals surface area (Å²) in [6, 6.07) is 44.0. The van der Waals surface area contributed by atoms with E-state index in [2.05, 4.69) is 106 Å². The van der Waals surface area contributed by atoms with Gasteiger partial charge in [-0.05, 0) is 48.5 Å². The van der Waals surface area contributed by atoms with Crippen LogP contribution in [0.4, 0.5) is 17.1 Å². The largest absolute Gasteiger partial charge is 0.310 e. The average molecular weight is 463 g/mol. The van der Waals surface area contributed by atoms with E-state index >= 15 is 0 Å². The van der Waals surface area contributed by atoms with Gasteiger partial charge in [-0.15, -0.1) is 0 Å². The molecule has 0 amide bonds. The average Bonchev–Trinajstić information content (AvgIpc) is 3.33. The molecule has 7 aromatic rings. The molecule has 0 N–H and O–H groups in total. The quantitative estimate of drug-likeness (QED) is 0.264. The molecule has 4 nitrogen and oxygen atoms in total. The van der Waals surface area contributed by atoms with Crippen molar-refractivity contribution in [2.24, 2.45) is 0 Å². The van der Waals surface area contributed by atoms with Crippen LogP contribution in [-0.4, -0.2) is 14.4 Å². The van der Waals surface area contributed by atoms with E-state index in [1.165, 1.54) is 0 Å². The lowest BCUT2D eigenvalue weighted by atomic mass is 10.0. The minimum Gasteiger partial charge on any atom is -0.310 e. The Kier molecular flexibility index (Phi) is 4.74. The van der Waals surface area contributed by atoms with Gasteiger partial charge in [-0.2, -0.15) is 0 Å². The molecule has 0 aliphatic rings. The molecule has 0 fully saturated rings. The summed E-state index contributed by atoms with van der Waals surface area (Å²) >= 11 is 0. The van der Waals surface area contributed by atoms with Crippen molar-refractivity contribution < 1.29 is 0 Å². The second-order valence-corrected chi connectivity index (χ2v) is 8.78. The summed E-state index contributed by atoms with van der Waals surface area (Å²) in [5, 5.41) is 2.20. The number of hydrogen-bond donors (Lipinski definition) is 0. The van der Waals surface area contributed by atoms with E-state index in [4.69, 9.17) is 9.97 Å². The van der Waals surface area contributed by atoms with E-state index in [0.29, 0.717) is 0 Å². The van der Waals surface area contributed by atoms with Crippen LogP contribution in [0.5, 0.6) is 0 Å². The zero-order valence-electron chi connectivity index (χ0n) is 19.5. The van der Waals surface area contributed by atoms with Crippen molar-refractivity contribution >= 4 is 44.6 Å². The van der Waals surface area contributed by atoms with Crippen molar-refractivity contribution in [3.8, 4) is 11.3 Å². The van der Waals surface area contributed by atoms with Crippen LogP contribution in [0.2, 0.25) is 0 Å². The summed E-state index contributed by atoms with van der Waals surface area (Å²) in [5.74, 6) is 0. The Morgan fingerprint density at radius 3 is 1.92 bits per heavy atom. The molecule has 0 aliphatic carbocycles. The number of benzene rings is 4. The fourth-order valence-electron chi connectivity index (χ4n) is 4.95. The summed E-state index contributed by atoms with van der Waals surface area (Å²) in [6.45, 7) is 0. The molecular weight excluding hydrogens is 440 g/mol. The third kappa shape index (κ3) is 3.31. The smallest absolute Gasteiger partial charge is 0.165 e. The molecule has 0 aliphatic heterocycles. The zero-order valence-corrected chi connectivity index (χ0v) is 19.5. The minimum atomic E-state index is 0.868. The predicted molar refractivity (Wildman–Crippen MR) is 148 cm³/mol. The first kappa shape index (κ1) is 20.4. The monoisotopic (exact) mass is 462 g/mol. The molecule has 4 aromatic carbocycles. The van der Waals surface area contributed by atoms with Gasteiger partial charge < -0.3 is 4.90 Å². The molecule has 3 heterocycles. The van der Waals surface area contributed by atoms with E-state index < -0.39 is 0 Å². The normalized spacial score (nSPS) is 11.3. The fraction of sp³-hybridized carbons (Fsp3) is 0. The highest BCUT2D eigenvalue weighted by Gasteiger charge is 2.17. The third-order valence-corrected chi connectivity index (χ3v) is 6.57. The van der Waals surface area contributed by atoms with Gasteiger partial charge in [0.25, 0.3) is 0 Å². The number of para-hydroxylation sites is 2. The number of rotatable bonds is 4. The second kappa shape index (κ2) is 8.36. The van der Waals surface area contributed by atoms with Gasteiger partial charge in [-0.1, -0.05) is 78.9 Å². The standard InChI is InChI=1S/C32H22N4/c1-3-13-24(14-4-1)36(25-15-5-2-6-16-25)26-17-11-12-23(22-26)30-27-18-7-8-19-28(27)31-32(34-30)35-21-10-9-20-29(35)33-31/h1-22H. The van der Waals surface area contributed by atoms with E-state index in [9.17, 15) is 0 Å². The molecule has 170 valence electrons. The molecule has 0 spiro atoms. The van der Waals surface area contributed by atoms with Crippen molar-refractivity contribution in [2.75, 3.05) is 4.90 Å². The fourth-order valence-corrected chi connectivity index (χ4v) is 4.95. The van der Waals surface area contributed by atoms with E-state index in [1.54, 1.807) is 0 Å². The van der Waals surface area contributed by atoms with Gasteiger partial charge in [0.2, 0.25) is 0 Å². The minimum absolute atomic E-state index is 0.868. The molecule has 0 radical (unpaired) electrons. The first-order valence-corrected chi connectivity index (χ1v) is 12.0. The number of fused-ring (bicyclic) bond motifs is 5. The molecule has 3 aromatic heterocycles. The van der Waals surface area contributed by atoms with Gasteiger partial charge in [0.15, 0.2) is 5.65 Å². The predicted octanol–water partition coefficient (Wildman–Crippen LogP) is 8.17. The van der Waals surface area contributed by atoms with E-state index in [0.717, 1.165) is 55.9 Å². The molecule has 0 atom stereocenters. The topological polar surface area (TPSA) is 33.4 Å². The zero-order chi connectivity index (χ0) is 23.9. The highest BCUT2D eigenvalue weighted by molar-refractivity contribution is 6.09. The van der Waals surface area contributed by atoms with Crippen molar-refractivity contribution in [2.45, 2.75) is 0 Å². The lowest BCUT2D eigenvalue weighted by Gasteiger charge is -2.26. The Balaban J connectivity index is 1.47. The van der Waals surface area contributed by atoms with Crippen molar-refractivity contribution in [3.63, 3.8) is 0 Å². The van der Waals surface area contributed by atoms with E-state index in [-0.39, 0.29) is 0 Å². The highest BCUT2D eigenvalue weighted by Crippen LogP contribution is 2.38. The first-order valence-electron chi connectivity index (χ1n) is 12.0. The molecule has 36 heavy (non-hydrogen) atoms. The Labute approximate surface area is 208 Å². The Morgan fingerprint density at radius 2 is 1.17 bits per heavy atom. The lowest BCUT2D eigenvalue weighted by molar-refractivity contribution is 1.19. The van der Waals surface area contributed by atoms with Crippen molar-refractivity contribution in [3.05, 3.63) is 134 Å². The summed E-state index contributed by atoms with van der Waals surface area (Å²) in [6.07, 6.45) is 2.03. The molecule has 0 unspecified atom stereocenters. The molecule has 7 rings (SSSR count). The molecule has 0 saturated heterocycles. The number of imidazole rings is 1. The molecular formula is C32H22N4. The maximum absolute atomic E-state index is 5.19. The summed E-state index contributed by atoms with van der Waals surface area (Å²) in [4.78, 5) is 12.4. The molecule has 0 bridgehead atoms. The SMILES string of the molecule is c1ccc(N(c2ccccc2)c2cccc(-c3nc4c(nc5ccccn54)c4ccccc34)c2)cc1. The maximum Gasteiger partial charge on any atom is 0.165 e. The summed E-state index contributed by atoms with van der Waals surface area (Å²) < 4.78 is 2.06. The van der Waals surface area contributed by atoms with Crippen molar-refractivity contribution in [1.82, 2.24) is 14.4 Å². The maximum atomic E-state index is 5.19. The van der Waals surface area contributed by atoms with Gasteiger partial charge in [-0.3, -0.25) is 4.40 Å². The summed E-state index contributed by atoms with van der Waals surface area (Å²) in [7, 11) is 0. The van der Waals surface area contributed by atoms with Crippen LogP contribution < -0.4 is 4.90 Å². The Morgan fingerprint density at radius 1 is 0.528 bits per heavy atom. The van der Waals surface area contributed by atoms with Gasteiger partial charge in [0, 0.05) is 39.6 Å². The van der Waals surface area contributed by atoms with E-state index in [1.807, 2.05) is 36.5 Å². The van der Waals surface area contributed by atoms with Gasteiger partial charge in [-0.25, -0.2) is 9.97 Å². The van der Waals surface area contributed by atoms with Crippen LogP contribution >= 0.6 is 0 Å². The number of nitrogens with zero attached hydrogens (tertiary/aromatic N) is 4. The van der Waals surface area contributed by atoms with Crippen LogP contribution in [0, 0.1) is 0 Å². The van der Waals surface area contributed by atoms with Crippen LogP contribution in [0.3, 0.4) is 0 Å². The van der Waals surface area contributed by atoms with Crippen molar-refractivity contribution in [1.29, 1.82) is 0 Å². The Bertz CT molecular complexity index is 1800. The van der Waals surface area contributed by atoms with Gasteiger partial charge in [0.05, 0.1) is 5.69 Å². The number of aromatic nitrogens is 3. The Hall–Kier alpha value is -4.96. The molecule has 4 heteroatoms. The summed E-state index contributed by atoms with van der Waals surface area (Å²) in [5.41, 5.74) is 8.00.